The first-order chi connectivity index (χ1) is 12.1. The molecule has 1 aliphatic carbocycles. The molecule has 1 fully saturated rings. The summed E-state index contributed by atoms with van der Waals surface area (Å²) in [5, 5.41) is 12.5. The Morgan fingerprint density at radius 3 is 2.68 bits per heavy atom. The van der Waals surface area contributed by atoms with Crippen molar-refractivity contribution in [3.05, 3.63) is 57.4 Å². The highest BCUT2D eigenvalue weighted by Crippen LogP contribution is 2.45. The molecule has 2 aliphatic rings. The van der Waals surface area contributed by atoms with Crippen LogP contribution >= 0.6 is 11.3 Å². The van der Waals surface area contributed by atoms with Gasteiger partial charge in [0, 0.05) is 10.9 Å². The van der Waals surface area contributed by atoms with Crippen molar-refractivity contribution in [2.24, 2.45) is 0 Å². The summed E-state index contributed by atoms with van der Waals surface area (Å²) in [5.41, 5.74) is 1.16. The molecule has 0 spiro atoms. The van der Waals surface area contributed by atoms with Gasteiger partial charge in [-0.15, -0.1) is 11.3 Å². The van der Waals surface area contributed by atoms with Crippen LogP contribution < -0.4 is 0 Å². The van der Waals surface area contributed by atoms with Crippen LogP contribution in [0.2, 0.25) is 0 Å². The molecule has 130 valence electrons. The Labute approximate surface area is 149 Å². The van der Waals surface area contributed by atoms with E-state index in [1.807, 2.05) is 18.4 Å². The number of carbonyl (C=O) groups is 2. The molecule has 2 aromatic heterocycles. The molecule has 1 N–H and O–H groups in total. The Morgan fingerprint density at radius 2 is 2.08 bits per heavy atom. The zero-order valence-electron chi connectivity index (χ0n) is 13.9. The zero-order valence-corrected chi connectivity index (χ0v) is 14.7. The van der Waals surface area contributed by atoms with Gasteiger partial charge in [-0.25, -0.2) is 0 Å². The van der Waals surface area contributed by atoms with Crippen LogP contribution in [0.25, 0.3) is 0 Å². The summed E-state index contributed by atoms with van der Waals surface area (Å²) in [5.74, 6) is -1.17. The molecule has 0 bridgehead atoms. The summed E-state index contributed by atoms with van der Waals surface area (Å²) in [6.07, 6.45) is 5.35. The number of hydrogen-bond donors (Lipinski definition) is 1. The van der Waals surface area contributed by atoms with E-state index in [-0.39, 0.29) is 17.4 Å². The third kappa shape index (κ3) is 2.52. The number of hydrogen-bond acceptors (Lipinski definition) is 5. The molecule has 0 radical (unpaired) electrons. The number of rotatable bonds is 4. The molecule has 0 aromatic carbocycles. The summed E-state index contributed by atoms with van der Waals surface area (Å²) in [7, 11) is 0. The van der Waals surface area contributed by atoms with Gasteiger partial charge in [-0.05, 0) is 48.9 Å². The molecule has 1 amide bonds. The van der Waals surface area contributed by atoms with Crippen molar-refractivity contribution >= 4 is 23.0 Å². The number of thiophene rings is 1. The van der Waals surface area contributed by atoms with Crippen LogP contribution in [0.15, 0.2) is 45.6 Å². The van der Waals surface area contributed by atoms with Crippen LogP contribution in [-0.2, 0) is 4.79 Å². The minimum absolute atomic E-state index is 0.0584. The highest BCUT2D eigenvalue weighted by Gasteiger charge is 2.48. The van der Waals surface area contributed by atoms with Crippen LogP contribution in [0.5, 0.6) is 0 Å². The van der Waals surface area contributed by atoms with E-state index in [4.69, 9.17) is 4.42 Å². The molecule has 1 saturated carbocycles. The van der Waals surface area contributed by atoms with E-state index in [2.05, 4.69) is 0 Å². The number of aryl methyl sites for hydroxylation is 1. The average molecular weight is 357 g/mol. The second-order valence-electron chi connectivity index (χ2n) is 6.59. The minimum atomic E-state index is -0.534. The van der Waals surface area contributed by atoms with Gasteiger partial charge in [0.1, 0.15) is 6.04 Å². The maximum Gasteiger partial charge on any atom is 0.290 e. The maximum atomic E-state index is 13.0. The molecule has 6 heteroatoms. The normalized spacial score (nSPS) is 21.6. The summed E-state index contributed by atoms with van der Waals surface area (Å²) in [4.78, 5) is 28.4. The van der Waals surface area contributed by atoms with E-state index in [0.29, 0.717) is 0 Å². The van der Waals surface area contributed by atoms with Gasteiger partial charge in [-0.3, -0.25) is 9.59 Å². The Balaban J connectivity index is 1.83. The average Bonchev–Trinajstić information content (AvgIpc) is 3.36. The number of ketones is 1. The summed E-state index contributed by atoms with van der Waals surface area (Å²) >= 11 is 1.51. The predicted octanol–water partition coefficient (Wildman–Crippen LogP) is 4.17. The standard InChI is InChI=1S/C19H19NO4S/c1-11-8-10-25-18(11)15-14(16(21)13-7-4-9-24-13)17(22)19(23)20(15)12-5-2-3-6-12/h4,7-10,12,15,22H,2-3,5-6H2,1H3. The zero-order chi connectivity index (χ0) is 17.6. The van der Waals surface area contributed by atoms with E-state index >= 15 is 0 Å². The van der Waals surface area contributed by atoms with Crippen LogP contribution in [0.4, 0.5) is 0 Å². The molecule has 1 atom stereocenters. The smallest absolute Gasteiger partial charge is 0.290 e. The minimum Gasteiger partial charge on any atom is -0.503 e. The SMILES string of the molecule is Cc1ccsc1C1C(C(=O)c2ccco2)=C(O)C(=O)N1C1CCCC1. The lowest BCUT2D eigenvalue weighted by molar-refractivity contribution is -0.131. The summed E-state index contributed by atoms with van der Waals surface area (Å²) in [6.45, 7) is 1.97. The van der Waals surface area contributed by atoms with Gasteiger partial charge >= 0.3 is 0 Å². The fraction of sp³-hybridized carbons (Fsp3) is 0.368. The lowest BCUT2D eigenvalue weighted by Gasteiger charge is -2.31. The third-order valence-corrected chi connectivity index (χ3v) is 6.17. The van der Waals surface area contributed by atoms with E-state index in [1.165, 1.54) is 17.6 Å². The van der Waals surface area contributed by atoms with Gasteiger partial charge in [-0.2, -0.15) is 0 Å². The first-order valence-corrected chi connectivity index (χ1v) is 9.35. The largest absolute Gasteiger partial charge is 0.503 e. The lowest BCUT2D eigenvalue weighted by atomic mass is 9.97. The lowest BCUT2D eigenvalue weighted by Crippen LogP contribution is -2.38. The molecule has 5 nitrogen and oxygen atoms in total. The Morgan fingerprint density at radius 1 is 1.32 bits per heavy atom. The van der Waals surface area contributed by atoms with Gasteiger partial charge in [0.05, 0.1) is 11.8 Å². The second kappa shape index (κ2) is 6.19. The van der Waals surface area contributed by atoms with Crippen molar-refractivity contribution < 1.29 is 19.1 Å². The van der Waals surface area contributed by atoms with Crippen molar-refractivity contribution in [2.45, 2.75) is 44.7 Å². The quantitative estimate of drug-likeness (QED) is 0.834. The monoisotopic (exact) mass is 357 g/mol. The second-order valence-corrected chi connectivity index (χ2v) is 7.54. The van der Waals surface area contributed by atoms with Gasteiger partial charge in [0.25, 0.3) is 5.91 Å². The topological polar surface area (TPSA) is 70.7 Å². The van der Waals surface area contributed by atoms with Crippen molar-refractivity contribution in [2.75, 3.05) is 0 Å². The van der Waals surface area contributed by atoms with Crippen LogP contribution in [0, 0.1) is 6.92 Å². The number of carbonyl (C=O) groups excluding carboxylic acids is 2. The number of furan rings is 1. The molecule has 2 aromatic rings. The van der Waals surface area contributed by atoms with E-state index < -0.39 is 23.5 Å². The molecule has 4 rings (SSSR count). The van der Waals surface area contributed by atoms with Gasteiger partial charge in [0.2, 0.25) is 5.78 Å². The number of aliphatic hydroxyl groups excluding tert-OH is 1. The van der Waals surface area contributed by atoms with Gasteiger partial charge in [0.15, 0.2) is 11.5 Å². The first kappa shape index (κ1) is 16.1. The van der Waals surface area contributed by atoms with Crippen LogP contribution in [0.3, 0.4) is 0 Å². The molecular formula is C19H19NO4S. The Kier molecular flexibility index (Phi) is 4.00. The summed E-state index contributed by atoms with van der Waals surface area (Å²) < 4.78 is 5.23. The highest BCUT2D eigenvalue weighted by atomic mass is 32.1. The number of Topliss-reactive ketones (excluding diaryl/α,β-unsaturated/α-hetero) is 1. The molecule has 1 aliphatic heterocycles. The fourth-order valence-electron chi connectivity index (χ4n) is 3.88. The number of aliphatic hydroxyl groups is 1. The van der Waals surface area contributed by atoms with E-state index in [9.17, 15) is 14.7 Å². The number of nitrogens with zero attached hydrogens (tertiary/aromatic N) is 1. The van der Waals surface area contributed by atoms with Gasteiger partial charge < -0.3 is 14.4 Å². The molecule has 3 heterocycles. The Hall–Kier alpha value is -2.34. The highest BCUT2D eigenvalue weighted by molar-refractivity contribution is 7.10. The number of amides is 1. The fourth-order valence-corrected chi connectivity index (χ4v) is 4.91. The summed E-state index contributed by atoms with van der Waals surface area (Å²) in [6, 6.07) is 4.68. The maximum absolute atomic E-state index is 13.0. The first-order valence-electron chi connectivity index (χ1n) is 8.47. The molecule has 0 saturated heterocycles. The van der Waals surface area contributed by atoms with Crippen molar-refractivity contribution in [3.8, 4) is 0 Å². The van der Waals surface area contributed by atoms with Crippen LogP contribution in [0.1, 0.15) is 52.7 Å². The van der Waals surface area contributed by atoms with Crippen LogP contribution in [-0.4, -0.2) is 27.7 Å². The molecule has 25 heavy (non-hydrogen) atoms. The molecule has 1 unspecified atom stereocenters. The van der Waals surface area contributed by atoms with Crippen molar-refractivity contribution in [1.82, 2.24) is 4.90 Å². The molecular weight excluding hydrogens is 338 g/mol. The van der Waals surface area contributed by atoms with Gasteiger partial charge in [-0.1, -0.05) is 12.8 Å². The third-order valence-electron chi connectivity index (χ3n) is 5.10. The van der Waals surface area contributed by atoms with E-state index in [1.54, 1.807) is 17.0 Å². The Bertz CT molecular complexity index is 843. The van der Waals surface area contributed by atoms with E-state index in [0.717, 1.165) is 36.1 Å². The van der Waals surface area contributed by atoms with Crippen molar-refractivity contribution in [3.63, 3.8) is 0 Å². The van der Waals surface area contributed by atoms with Crippen molar-refractivity contribution in [1.29, 1.82) is 0 Å². The predicted molar refractivity (Wildman–Crippen MR) is 93.6 cm³/mol.